The summed E-state index contributed by atoms with van der Waals surface area (Å²) in [6.45, 7) is 3.76. The molecule has 0 saturated carbocycles. The van der Waals surface area contributed by atoms with Gasteiger partial charge in [-0.25, -0.2) is 19.9 Å². The zero-order chi connectivity index (χ0) is 12.4. The first-order valence-corrected chi connectivity index (χ1v) is 5.36. The summed E-state index contributed by atoms with van der Waals surface area (Å²) in [4.78, 5) is 16.5. The molecule has 0 bridgehead atoms. The lowest BCUT2D eigenvalue weighted by Crippen LogP contribution is -1.99. The molecule has 0 saturated heterocycles. The van der Waals surface area contributed by atoms with Gasteiger partial charge >= 0.3 is 0 Å². The van der Waals surface area contributed by atoms with Crippen LogP contribution in [0.25, 0.3) is 11.5 Å². The molecular weight excluding hydrogens is 240 g/mol. The van der Waals surface area contributed by atoms with Gasteiger partial charge < -0.3 is 4.74 Å². The van der Waals surface area contributed by atoms with Gasteiger partial charge in [-0.1, -0.05) is 11.6 Å². The van der Waals surface area contributed by atoms with Gasteiger partial charge in [-0.3, -0.25) is 0 Å². The Morgan fingerprint density at radius 1 is 1.18 bits per heavy atom. The van der Waals surface area contributed by atoms with Crippen LogP contribution in [0.4, 0.5) is 0 Å². The van der Waals surface area contributed by atoms with Gasteiger partial charge in [-0.05, 0) is 13.8 Å². The van der Waals surface area contributed by atoms with Gasteiger partial charge in [0.15, 0.2) is 5.82 Å². The fourth-order valence-electron chi connectivity index (χ4n) is 1.28. The maximum Gasteiger partial charge on any atom is 0.216 e. The minimum atomic E-state index is 0.435. The molecule has 0 aromatic carbocycles. The lowest BCUT2D eigenvalue weighted by atomic mass is 10.2. The summed E-state index contributed by atoms with van der Waals surface area (Å²) in [6, 6.07) is 1.67. The monoisotopic (exact) mass is 250 g/mol. The van der Waals surface area contributed by atoms with Crippen LogP contribution < -0.4 is 4.74 Å². The molecule has 0 radical (unpaired) electrons. The number of methoxy groups -OCH3 is 1. The number of nitrogens with zero attached hydrogens (tertiary/aromatic N) is 4. The average Bonchev–Trinajstić information content (AvgIpc) is 2.35. The van der Waals surface area contributed by atoms with Crippen molar-refractivity contribution in [3.05, 3.63) is 28.8 Å². The van der Waals surface area contributed by atoms with E-state index >= 15 is 0 Å². The minimum absolute atomic E-state index is 0.435. The highest BCUT2D eigenvalue weighted by Crippen LogP contribution is 2.21. The fourth-order valence-corrected chi connectivity index (χ4v) is 1.50. The molecule has 88 valence electrons. The minimum Gasteiger partial charge on any atom is -0.481 e. The Morgan fingerprint density at radius 2 is 1.94 bits per heavy atom. The number of rotatable bonds is 2. The van der Waals surface area contributed by atoms with E-state index in [0.29, 0.717) is 22.6 Å². The highest BCUT2D eigenvalue weighted by Gasteiger charge is 2.10. The van der Waals surface area contributed by atoms with Crippen molar-refractivity contribution in [3.63, 3.8) is 0 Å². The summed E-state index contributed by atoms with van der Waals surface area (Å²) in [5, 5.41) is 0.435. The van der Waals surface area contributed by atoms with Gasteiger partial charge in [0.25, 0.3) is 0 Å². The topological polar surface area (TPSA) is 60.8 Å². The van der Waals surface area contributed by atoms with E-state index in [0.717, 1.165) is 11.3 Å². The zero-order valence-electron chi connectivity index (χ0n) is 9.73. The molecule has 0 amide bonds. The SMILES string of the molecule is COc1cc(-c2nc(C)c(C)c(Cl)n2)ncn1. The van der Waals surface area contributed by atoms with Crippen LogP contribution in [-0.2, 0) is 0 Å². The first-order chi connectivity index (χ1) is 8.11. The van der Waals surface area contributed by atoms with Crippen LogP contribution in [0.1, 0.15) is 11.3 Å². The highest BCUT2D eigenvalue weighted by atomic mass is 35.5. The molecule has 2 rings (SSSR count). The van der Waals surface area contributed by atoms with Gasteiger partial charge in [0.1, 0.15) is 17.2 Å². The number of aryl methyl sites for hydroxylation is 1. The maximum atomic E-state index is 6.02. The summed E-state index contributed by atoms with van der Waals surface area (Å²) in [5.41, 5.74) is 2.29. The van der Waals surface area contributed by atoms with Crippen LogP contribution in [0.5, 0.6) is 5.88 Å². The second kappa shape index (κ2) is 4.63. The first kappa shape index (κ1) is 11.7. The Labute approximate surface area is 104 Å². The Bertz CT molecular complexity index is 536. The van der Waals surface area contributed by atoms with Crippen molar-refractivity contribution in [1.29, 1.82) is 0 Å². The molecule has 2 heterocycles. The van der Waals surface area contributed by atoms with Gasteiger partial charge in [-0.15, -0.1) is 0 Å². The predicted octanol–water partition coefficient (Wildman–Crippen LogP) is 2.21. The van der Waals surface area contributed by atoms with Gasteiger partial charge in [0, 0.05) is 17.3 Å². The standard InChI is InChI=1S/C11H11ClN4O/c1-6-7(2)15-11(16-10(6)12)8-4-9(17-3)14-5-13-8/h4-5H,1-3H3. The Balaban J connectivity index is 2.52. The molecule has 6 heteroatoms. The van der Waals surface area contributed by atoms with Crippen LogP contribution >= 0.6 is 11.6 Å². The molecule has 0 atom stereocenters. The van der Waals surface area contributed by atoms with E-state index in [1.165, 1.54) is 6.33 Å². The lowest BCUT2D eigenvalue weighted by Gasteiger charge is -2.05. The molecule has 0 aliphatic carbocycles. The third kappa shape index (κ3) is 2.34. The molecule has 2 aromatic heterocycles. The molecule has 0 fully saturated rings. The molecule has 5 nitrogen and oxygen atoms in total. The van der Waals surface area contributed by atoms with E-state index in [-0.39, 0.29) is 0 Å². The van der Waals surface area contributed by atoms with Crippen molar-refractivity contribution >= 4 is 11.6 Å². The number of hydrogen-bond acceptors (Lipinski definition) is 5. The van der Waals surface area contributed by atoms with Crippen LogP contribution in [0.3, 0.4) is 0 Å². The molecule has 0 aliphatic rings. The molecule has 0 aliphatic heterocycles. The summed E-state index contributed by atoms with van der Waals surface area (Å²) in [7, 11) is 1.54. The van der Waals surface area contributed by atoms with E-state index in [1.54, 1.807) is 13.2 Å². The Morgan fingerprint density at radius 3 is 2.59 bits per heavy atom. The highest BCUT2D eigenvalue weighted by molar-refractivity contribution is 6.30. The van der Waals surface area contributed by atoms with E-state index in [4.69, 9.17) is 16.3 Å². The Kier molecular flexibility index (Phi) is 3.19. The lowest BCUT2D eigenvalue weighted by molar-refractivity contribution is 0.397. The van der Waals surface area contributed by atoms with Crippen LogP contribution in [0, 0.1) is 13.8 Å². The second-order valence-corrected chi connectivity index (χ2v) is 3.85. The van der Waals surface area contributed by atoms with E-state index in [1.807, 2.05) is 13.8 Å². The van der Waals surface area contributed by atoms with Crippen molar-refractivity contribution in [2.24, 2.45) is 0 Å². The number of halogens is 1. The normalized spacial score (nSPS) is 10.4. The van der Waals surface area contributed by atoms with Crippen LogP contribution in [-0.4, -0.2) is 27.0 Å². The molecule has 0 unspecified atom stereocenters. The number of ether oxygens (including phenoxy) is 1. The van der Waals surface area contributed by atoms with Crippen molar-refractivity contribution in [1.82, 2.24) is 19.9 Å². The Hall–Kier alpha value is -1.75. The van der Waals surface area contributed by atoms with Crippen molar-refractivity contribution < 1.29 is 4.74 Å². The van der Waals surface area contributed by atoms with Crippen molar-refractivity contribution in [2.45, 2.75) is 13.8 Å². The summed E-state index contributed by atoms with van der Waals surface area (Å²) >= 11 is 6.02. The number of hydrogen-bond donors (Lipinski definition) is 0. The van der Waals surface area contributed by atoms with Gasteiger partial charge in [0.2, 0.25) is 5.88 Å². The molecule has 2 aromatic rings. The largest absolute Gasteiger partial charge is 0.481 e. The maximum absolute atomic E-state index is 6.02. The van der Waals surface area contributed by atoms with Gasteiger partial charge in [-0.2, -0.15) is 0 Å². The van der Waals surface area contributed by atoms with Gasteiger partial charge in [0.05, 0.1) is 7.11 Å². The predicted molar refractivity (Wildman–Crippen MR) is 64.1 cm³/mol. The van der Waals surface area contributed by atoms with E-state index in [9.17, 15) is 0 Å². The quantitative estimate of drug-likeness (QED) is 0.765. The molecular formula is C11H11ClN4O. The second-order valence-electron chi connectivity index (χ2n) is 3.49. The van der Waals surface area contributed by atoms with E-state index in [2.05, 4.69) is 19.9 Å². The third-order valence-electron chi connectivity index (χ3n) is 2.41. The smallest absolute Gasteiger partial charge is 0.216 e. The number of aromatic nitrogens is 4. The zero-order valence-corrected chi connectivity index (χ0v) is 10.5. The average molecular weight is 251 g/mol. The van der Waals surface area contributed by atoms with Crippen molar-refractivity contribution in [2.75, 3.05) is 7.11 Å². The van der Waals surface area contributed by atoms with Crippen LogP contribution in [0.2, 0.25) is 5.15 Å². The summed E-state index contributed by atoms with van der Waals surface area (Å²) in [6.07, 6.45) is 1.40. The fraction of sp³-hybridized carbons (Fsp3) is 0.273. The summed E-state index contributed by atoms with van der Waals surface area (Å²) < 4.78 is 5.02. The third-order valence-corrected chi connectivity index (χ3v) is 2.78. The molecule has 17 heavy (non-hydrogen) atoms. The summed E-state index contributed by atoms with van der Waals surface area (Å²) in [5.74, 6) is 0.937. The molecule has 0 N–H and O–H groups in total. The molecule has 0 spiro atoms. The first-order valence-electron chi connectivity index (χ1n) is 4.99. The van der Waals surface area contributed by atoms with E-state index < -0.39 is 0 Å². The van der Waals surface area contributed by atoms with Crippen LogP contribution in [0.15, 0.2) is 12.4 Å². The van der Waals surface area contributed by atoms with Crippen molar-refractivity contribution in [3.8, 4) is 17.4 Å².